The van der Waals surface area contributed by atoms with E-state index in [1.807, 2.05) is 6.92 Å². The second-order valence-electron chi connectivity index (χ2n) is 3.91. The van der Waals surface area contributed by atoms with Crippen LogP contribution in [0.2, 0.25) is 0 Å². The molecule has 84 valence electrons. The molecular formula is C10H18F3N. The van der Waals surface area contributed by atoms with Crippen molar-refractivity contribution in [2.45, 2.75) is 51.2 Å². The highest BCUT2D eigenvalue weighted by Gasteiger charge is 2.58. The minimum Gasteiger partial charge on any atom is -0.266 e. The maximum absolute atomic E-state index is 14.1. The van der Waals surface area contributed by atoms with Crippen LogP contribution in [0.3, 0.4) is 0 Å². The van der Waals surface area contributed by atoms with Gasteiger partial charge in [-0.3, -0.25) is 4.90 Å². The third-order valence-corrected chi connectivity index (χ3v) is 2.94. The Bertz CT molecular complexity index is 194. The van der Waals surface area contributed by atoms with Gasteiger partial charge in [-0.1, -0.05) is 13.8 Å². The molecule has 4 heteroatoms. The summed E-state index contributed by atoms with van der Waals surface area (Å²) in [5.74, 6) is -5.60. The summed E-state index contributed by atoms with van der Waals surface area (Å²) < 4.78 is 40.9. The van der Waals surface area contributed by atoms with Crippen molar-refractivity contribution in [1.82, 2.24) is 4.90 Å². The van der Waals surface area contributed by atoms with Gasteiger partial charge in [0, 0.05) is 19.5 Å². The van der Waals surface area contributed by atoms with E-state index < -0.39 is 11.7 Å². The SMILES string of the molecule is CCCN1CCCC(F)(F)C1(F)CC. The fraction of sp³-hybridized carbons (Fsp3) is 1.00. The van der Waals surface area contributed by atoms with E-state index in [4.69, 9.17) is 0 Å². The highest BCUT2D eigenvalue weighted by molar-refractivity contribution is 4.96. The zero-order valence-electron chi connectivity index (χ0n) is 8.82. The predicted octanol–water partition coefficient (Wildman–Crippen LogP) is 3.20. The molecule has 0 aromatic rings. The Hall–Kier alpha value is -0.250. The van der Waals surface area contributed by atoms with Crippen LogP contribution in [0.5, 0.6) is 0 Å². The molecule has 1 saturated heterocycles. The third-order valence-electron chi connectivity index (χ3n) is 2.94. The molecule has 1 aliphatic rings. The summed E-state index contributed by atoms with van der Waals surface area (Å²) in [6.07, 6.45) is 0.637. The summed E-state index contributed by atoms with van der Waals surface area (Å²) >= 11 is 0. The minimum atomic E-state index is -3.19. The molecule has 0 saturated carbocycles. The van der Waals surface area contributed by atoms with Crippen molar-refractivity contribution in [3.8, 4) is 0 Å². The van der Waals surface area contributed by atoms with Crippen molar-refractivity contribution in [1.29, 1.82) is 0 Å². The normalized spacial score (nSPS) is 33.2. The van der Waals surface area contributed by atoms with Crippen molar-refractivity contribution in [3.05, 3.63) is 0 Å². The zero-order valence-corrected chi connectivity index (χ0v) is 8.82. The maximum atomic E-state index is 14.1. The number of halogens is 3. The number of hydrogen-bond donors (Lipinski definition) is 0. The largest absolute Gasteiger partial charge is 0.294 e. The van der Waals surface area contributed by atoms with Gasteiger partial charge in [0.05, 0.1) is 0 Å². The smallest absolute Gasteiger partial charge is 0.266 e. The van der Waals surface area contributed by atoms with Crippen LogP contribution in [0.1, 0.15) is 39.5 Å². The zero-order chi connectivity index (χ0) is 10.8. The van der Waals surface area contributed by atoms with Crippen LogP contribution >= 0.6 is 0 Å². The summed E-state index contributed by atoms with van der Waals surface area (Å²) in [6.45, 7) is 4.23. The van der Waals surface area contributed by atoms with E-state index in [0.29, 0.717) is 25.9 Å². The van der Waals surface area contributed by atoms with E-state index in [0.717, 1.165) is 0 Å². The molecule has 0 bridgehead atoms. The van der Waals surface area contributed by atoms with Crippen molar-refractivity contribution in [3.63, 3.8) is 0 Å². The van der Waals surface area contributed by atoms with E-state index in [-0.39, 0.29) is 12.8 Å². The number of piperidine rings is 1. The monoisotopic (exact) mass is 209 g/mol. The van der Waals surface area contributed by atoms with Crippen LogP contribution in [0.4, 0.5) is 13.2 Å². The highest BCUT2D eigenvalue weighted by Crippen LogP contribution is 2.44. The molecule has 0 aromatic carbocycles. The molecule has 0 aliphatic carbocycles. The lowest BCUT2D eigenvalue weighted by molar-refractivity contribution is -0.238. The van der Waals surface area contributed by atoms with E-state index in [9.17, 15) is 13.2 Å². The van der Waals surface area contributed by atoms with Gasteiger partial charge in [-0.05, 0) is 19.3 Å². The van der Waals surface area contributed by atoms with Crippen LogP contribution in [0.25, 0.3) is 0 Å². The van der Waals surface area contributed by atoms with E-state index in [2.05, 4.69) is 0 Å². The Morgan fingerprint density at radius 1 is 1.21 bits per heavy atom. The number of nitrogens with zero attached hydrogens (tertiary/aromatic N) is 1. The van der Waals surface area contributed by atoms with Crippen molar-refractivity contribution in [2.75, 3.05) is 13.1 Å². The molecule has 1 unspecified atom stereocenters. The van der Waals surface area contributed by atoms with Gasteiger partial charge < -0.3 is 0 Å². The Labute approximate surface area is 83.3 Å². The average Bonchev–Trinajstić information content (AvgIpc) is 2.13. The molecule has 0 spiro atoms. The standard InChI is InChI=1S/C10H18F3N/c1-3-7-14-8-5-6-9(11,12)10(14,13)4-2/h3-8H2,1-2H3. The number of hydrogen-bond acceptors (Lipinski definition) is 1. The van der Waals surface area contributed by atoms with Crippen LogP contribution in [0.15, 0.2) is 0 Å². The first-order valence-corrected chi connectivity index (χ1v) is 5.29. The lowest BCUT2D eigenvalue weighted by Gasteiger charge is -2.45. The van der Waals surface area contributed by atoms with Gasteiger partial charge in [-0.15, -0.1) is 0 Å². The first kappa shape index (κ1) is 11.8. The van der Waals surface area contributed by atoms with Crippen molar-refractivity contribution >= 4 is 0 Å². The van der Waals surface area contributed by atoms with E-state index in [1.54, 1.807) is 0 Å². The summed E-state index contributed by atoms with van der Waals surface area (Å²) in [5, 5.41) is 0. The topological polar surface area (TPSA) is 3.24 Å². The van der Waals surface area contributed by atoms with Gasteiger partial charge in [0.1, 0.15) is 0 Å². The molecule has 0 radical (unpaired) electrons. The summed E-state index contributed by atoms with van der Waals surface area (Å²) in [6, 6.07) is 0. The predicted molar refractivity (Wildman–Crippen MR) is 50.2 cm³/mol. The third kappa shape index (κ3) is 1.76. The molecule has 1 nitrogen and oxygen atoms in total. The second kappa shape index (κ2) is 4.09. The minimum absolute atomic E-state index is 0.139. The highest BCUT2D eigenvalue weighted by atomic mass is 19.3. The molecule has 0 N–H and O–H groups in total. The average molecular weight is 209 g/mol. The Morgan fingerprint density at radius 2 is 1.86 bits per heavy atom. The summed E-state index contributed by atoms with van der Waals surface area (Å²) in [7, 11) is 0. The molecule has 0 amide bonds. The second-order valence-corrected chi connectivity index (χ2v) is 3.91. The molecule has 1 heterocycles. The van der Waals surface area contributed by atoms with Crippen molar-refractivity contribution in [2.24, 2.45) is 0 Å². The first-order chi connectivity index (χ1) is 6.48. The van der Waals surface area contributed by atoms with Gasteiger partial charge in [0.2, 0.25) is 5.79 Å². The molecule has 1 fully saturated rings. The number of alkyl halides is 3. The lowest BCUT2D eigenvalue weighted by atomic mass is 9.92. The van der Waals surface area contributed by atoms with Crippen LogP contribution in [0, 0.1) is 0 Å². The van der Waals surface area contributed by atoms with Crippen LogP contribution in [-0.2, 0) is 0 Å². The fourth-order valence-electron chi connectivity index (χ4n) is 2.13. The quantitative estimate of drug-likeness (QED) is 0.645. The van der Waals surface area contributed by atoms with Crippen molar-refractivity contribution < 1.29 is 13.2 Å². The number of likely N-dealkylation sites (tertiary alicyclic amines) is 1. The van der Waals surface area contributed by atoms with Crippen LogP contribution < -0.4 is 0 Å². The summed E-state index contributed by atoms with van der Waals surface area (Å²) in [4.78, 5) is 1.30. The molecule has 1 atom stereocenters. The Kier molecular flexibility index (Phi) is 3.45. The first-order valence-electron chi connectivity index (χ1n) is 5.29. The van der Waals surface area contributed by atoms with Gasteiger partial charge >= 0.3 is 0 Å². The van der Waals surface area contributed by atoms with E-state index in [1.165, 1.54) is 11.8 Å². The molecule has 14 heavy (non-hydrogen) atoms. The Balaban J connectivity index is 2.84. The van der Waals surface area contributed by atoms with Gasteiger partial charge in [-0.2, -0.15) is 0 Å². The lowest BCUT2D eigenvalue weighted by Crippen LogP contribution is -2.60. The number of rotatable bonds is 3. The summed E-state index contributed by atoms with van der Waals surface area (Å²) in [5.41, 5.74) is 0. The molecule has 1 aliphatic heterocycles. The molecule has 0 aromatic heterocycles. The molecule has 1 rings (SSSR count). The van der Waals surface area contributed by atoms with E-state index >= 15 is 0 Å². The van der Waals surface area contributed by atoms with Gasteiger partial charge in [-0.25, -0.2) is 13.2 Å². The van der Waals surface area contributed by atoms with Crippen LogP contribution in [-0.4, -0.2) is 29.7 Å². The maximum Gasteiger partial charge on any atom is 0.294 e. The van der Waals surface area contributed by atoms with Gasteiger partial charge in [0.25, 0.3) is 5.92 Å². The Morgan fingerprint density at radius 3 is 2.36 bits per heavy atom. The fourth-order valence-corrected chi connectivity index (χ4v) is 2.13. The van der Waals surface area contributed by atoms with Gasteiger partial charge in [0.15, 0.2) is 0 Å². The molecular weight excluding hydrogens is 191 g/mol.